The average Bonchev–Trinajstić information content (AvgIpc) is 2.99. The molecular formula is C15H14O4. The zero-order valence-corrected chi connectivity index (χ0v) is 10.7. The first-order valence-corrected chi connectivity index (χ1v) is 5.86. The van der Waals surface area contributed by atoms with Crippen LogP contribution in [0.5, 0.6) is 0 Å². The molecule has 2 atom stereocenters. The summed E-state index contributed by atoms with van der Waals surface area (Å²) in [6.07, 6.45) is 4.80. The van der Waals surface area contributed by atoms with E-state index in [-0.39, 0.29) is 5.97 Å². The molecule has 0 aromatic carbocycles. The Balaban J connectivity index is 2.03. The van der Waals surface area contributed by atoms with Crippen LogP contribution in [0.3, 0.4) is 0 Å². The van der Waals surface area contributed by atoms with Gasteiger partial charge in [0.2, 0.25) is 0 Å². The summed E-state index contributed by atoms with van der Waals surface area (Å²) in [4.78, 5) is 11.2. The van der Waals surface area contributed by atoms with Crippen molar-refractivity contribution in [3.63, 3.8) is 0 Å². The van der Waals surface area contributed by atoms with E-state index >= 15 is 0 Å². The van der Waals surface area contributed by atoms with E-state index in [1.54, 1.807) is 38.3 Å². The van der Waals surface area contributed by atoms with E-state index in [0.717, 1.165) is 5.56 Å². The van der Waals surface area contributed by atoms with E-state index in [9.17, 15) is 9.90 Å². The third kappa shape index (κ3) is 3.15. The quantitative estimate of drug-likeness (QED) is 0.649. The number of carbonyl (C=O) groups is 1. The molecule has 0 fully saturated rings. The summed E-state index contributed by atoms with van der Waals surface area (Å²) in [5.74, 6) is 5.30. The fourth-order valence-corrected chi connectivity index (χ4v) is 1.63. The third-order valence-corrected chi connectivity index (χ3v) is 2.79. The van der Waals surface area contributed by atoms with E-state index in [1.165, 1.54) is 6.26 Å². The van der Waals surface area contributed by atoms with Gasteiger partial charge in [0.25, 0.3) is 0 Å². The maximum Gasteiger partial charge on any atom is 0.334 e. The fourth-order valence-electron chi connectivity index (χ4n) is 1.63. The maximum atomic E-state index is 11.2. The molecule has 1 aliphatic heterocycles. The molecule has 0 saturated heterocycles. The molecule has 1 N–H and O–H groups in total. The van der Waals surface area contributed by atoms with Crippen LogP contribution in [0.2, 0.25) is 0 Å². The molecule has 1 aliphatic rings. The first kappa shape index (κ1) is 13.2. The zero-order chi connectivity index (χ0) is 13.8. The summed E-state index contributed by atoms with van der Waals surface area (Å²) in [6.45, 7) is 3.40. The maximum absolute atomic E-state index is 11.2. The third-order valence-electron chi connectivity index (χ3n) is 2.79. The van der Waals surface area contributed by atoms with Gasteiger partial charge < -0.3 is 14.3 Å². The molecule has 0 spiro atoms. The number of furan rings is 1. The van der Waals surface area contributed by atoms with Crippen molar-refractivity contribution in [1.82, 2.24) is 0 Å². The lowest BCUT2D eigenvalue weighted by atomic mass is 10.1. The van der Waals surface area contributed by atoms with Gasteiger partial charge in [0, 0.05) is 5.57 Å². The molecule has 0 radical (unpaired) electrons. The van der Waals surface area contributed by atoms with E-state index < -0.39 is 12.2 Å². The first-order valence-electron chi connectivity index (χ1n) is 5.86. The Kier molecular flexibility index (Phi) is 3.88. The van der Waals surface area contributed by atoms with Crippen molar-refractivity contribution in [2.45, 2.75) is 26.1 Å². The largest absolute Gasteiger partial charge is 0.471 e. The predicted molar refractivity (Wildman–Crippen MR) is 69.0 cm³/mol. The molecule has 2 rings (SSSR count). The predicted octanol–water partition coefficient (Wildman–Crippen LogP) is 1.81. The number of hydrogen-bond acceptors (Lipinski definition) is 4. The summed E-state index contributed by atoms with van der Waals surface area (Å²) in [5, 5.41) is 10.0. The second-order valence-electron chi connectivity index (χ2n) is 4.33. The minimum atomic E-state index is -0.875. The molecule has 0 bridgehead atoms. The van der Waals surface area contributed by atoms with Crippen molar-refractivity contribution < 1.29 is 19.1 Å². The molecular weight excluding hydrogens is 244 g/mol. The van der Waals surface area contributed by atoms with Crippen molar-refractivity contribution in [3.8, 4) is 11.8 Å². The Morgan fingerprint density at radius 2 is 2.37 bits per heavy atom. The van der Waals surface area contributed by atoms with Crippen LogP contribution in [-0.2, 0) is 9.53 Å². The van der Waals surface area contributed by atoms with Crippen molar-refractivity contribution in [2.24, 2.45) is 0 Å². The second kappa shape index (κ2) is 5.59. The van der Waals surface area contributed by atoms with E-state index in [2.05, 4.69) is 11.8 Å². The van der Waals surface area contributed by atoms with Crippen LogP contribution in [0.4, 0.5) is 0 Å². The van der Waals surface area contributed by atoms with Crippen molar-refractivity contribution in [3.05, 3.63) is 47.5 Å². The van der Waals surface area contributed by atoms with Crippen LogP contribution >= 0.6 is 0 Å². The number of rotatable bonds is 2. The van der Waals surface area contributed by atoms with E-state index in [0.29, 0.717) is 11.1 Å². The smallest absolute Gasteiger partial charge is 0.334 e. The highest BCUT2D eigenvalue weighted by Gasteiger charge is 2.29. The highest BCUT2D eigenvalue weighted by atomic mass is 16.6. The number of aliphatic hydroxyl groups is 1. The van der Waals surface area contributed by atoms with E-state index in [1.807, 2.05) is 0 Å². The van der Waals surface area contributed by atoms with Crippen LogP contribution in [0.15, 0.2) is 46.3 Å². The number of aliphatic hydroxyl groups excluding tert-OH is 1. The number of cyclic esters (lactones) is 1. The van der Waals surface area contributed by atoms with Gasteiger partial charge in [-0.15, -0.1) is 0 Å². The van der Waals surface area contributed by atoms with Crippen LogP contribution < -0.4 is 0 Å². The minimum Gasteiger partial charge on any atom is -0.471 e. The molecule has 0 aliphatic carbocycles. The Morgan fingerprint density at radius 1 is 1.58 bits per heavy atom. The lowest BCUT2D eigenvalue weighted by Gasteiger charge is -2.16. The highest BCUT2D eigenvalue weighted by molar-refractivity contribution is 5.90. The molecule has 0 saturated carbocycles. The van der Waals surface area contributed by atoms with Gasteiger partial charge in [0.15, 0.2) is 6.10 Å². The van der Waals surface area contributed by atoms with E-state index in [4.69, 9.17) is 9.15 Å². The Bertz CT molecular complexity index is 581. The van der Waals surface area contributed by atoms with Gasteiger partial charge in [-0.05, 0) is 37.6 Å². The van der Waals surface area contributed by atoms with Gasteiger partial charge in [-0.25, -0.2) is 4.79 Å². The number of hydrogen-bond donors (Lipinski definition) is 1. The van der Waals surface area contributed by atoms with Crippen LogP contribution in [0, 0.1) is 11.8 Å². The SMILES string of the molecule is CC1=C[C@H]([C@@H](O)/C(C)=C/C#Cc2ccoc2)OC1=O. The van der Waals surface area contributed by atoms with Crippen molar-refractivity contribution in [2.75, 3.05) is 0 Å². The van der Waals surface area contributed by atoms with Gasteiger partial charge in [-0.3, -0.25) is 0 Å². The second-order valence-corrected chi connectivity index (χ2v) is 4.33. The molecule has 1 aromatic rings. The van der Waals surface area contributed by atoms with Gasteiger partial charge >= 0.3 is 5.97 Å². The topological polar surface area (TPSA) is 59.7 Å². The molecule has 98 valence electrons. The normalized spacial score (nSPS) is 20.4. The summed E-state index contributed by atoms with van der Waals surface area (Å²) in [6, 6.07) is 1.75. The van der Waals surface area contributed by atoms with Gasteiger partial charge in [-0.2, -0.15) is 0 Å². The molecule has 1 aromatic heterocycles. The zero-order valence-electron chi connectivity index (χ0n) is 10.7. The number of allylic oxidation sites excluding steroid dienone is 1. The van der Waals surface area contributed by atoms with Crippen LogP contribution in [-0.4, -0.2) is 23.3 Å². The van der Waals surface area contributed by atoms with Crippen LogP contribution in [0.25, 0.3) is 0 Å². The average molecular weight is 258 g/mol. The highest BCUT2D eigenvalue weighted by Crippen LogP contribution is 2.19. The molecule has 2 heterocycles. The van der Waals surface area contributed by atoms with Gasteiger partial charge in [0.05, 0.1) is 11.8 Å². The minimum absolute atomic E-state index is 0.388. The summed E-state index contributed by atoms with van der Waals surface area (Å²) < 4.78 is 9.91. The fraction of sp³-hybridized carbons (Fsp3) is 0.267. The molecule has 0 unspecified atom stereocenters. The Hall–Kier alpha value is -2.25. The lowest BCUT2D eigenvalue weighted by molar-refractivity contribution is -0.142. The van der Waals surface area contributed by atoms with Crippen molar-refractivity contribution in [1.29, 1.82) is 0 Å². The monoisotopic (exact) mass is 258 g/mol. The molecule has 4 heteroatoms. The molecule has 19 heavy (non-hydrogen) atoms. The molecule has 0 amide bonds. The first-order chi connectivity index (χ1) is 9.08. The number of ether oxygens (including phenoxy) is 1. The van der Waals surface area contributed by atoms with Crippen molar-refractivity contribution >= 4 is 5.97 Å². The standard InChI is InChI=1S/C15H14O4/c1-10(4-3-5-12-6-7-18-9-12)14(16)13-8-11(2)15(17)19-13/h4,6-9,13-14,16H,1-2H3/b10-4+/t13-,14+/m1/s1. The number of carbonyl (C=O) groups excluding carboxylic acids is 1. The molecule has 4 nitrogen and oxygen atoms in total. The Labute approximate surface area is 111 Å². The summed E-state index contributed by atoms with van der Waals surface area (Å²) in [5.41, 5.74) is 1.92. The van der Waals surface area contributed by atoms with Crippen LogP contribution in [0.1, 0.15) is 19.4 Å². The lowest BCUT2D eigenvalue weighted by Crippen LogP contribution is -2.26. The summed E-state index contributed by atoms with van der Waals surface area (Å²) >= 11 is 0. The van der Waals surface area contributed by atoms with Gasteiger partial charge in [0.1, 0.15) is 12.4 Å². The van der Waals surface area contributed by atoms with Gasteiger partial charge in [-0.1, -0.05) is 11.8 Å². The number of esters is 1. The summed E-state index contributed by atoms with van der Waals surface area (Å²) in [7, 11) is 0. The Morgan fingerprint density at radius 3 is 2.95 bits per heavy atom.